The Morgan fingerprint density at radius 1 is 1.13 bits per heavy atom. The molecule has 2 fully saturated rings. The highest BCUT2D eigenvalue weighted by molar-refractivity contribution is 7.89. The number of aromatic nitrogens is 1. The van der Waals surface area contributed by atoms with Gasteiger partial charge in [-0.05, 0) is 25.6 Å². The molecule has 4 rings (SSSR count). The number of aryl methyl sites for hydroxylation is 1. The van der Waals surface area contributed by atoms with E-state index in [4.69, 9.17) is 4.74 Å². The van der Waals surface area contributed by atoms with Crippen molar-refractivity contribution in [2.45, 2.75) is 24.0 Å². The molecule has 2 aromatic rings. The van der Waals surface area contributed by atoms with Crippen LogP contribution in [0.1, 0.15) is 11.3 Å². The molecular weight excluding hydrogens is 423 g/mol. The Morgan fingerprint density at radius 3 is 2.60 bits per heavy atom. The second-order valence-electron chi connectivity index (χ2n) is 7.87. The van der Waals surface area contributed by atoms with Crippen LogP contribution in [0.25, 0.3) is 11.3 Å². The van der Waals surface area contributed by atoms with Crippen LogP contribution in [0.5, 0.6) is 0 Å². The highest BCUT2D eigenvalue weighted by atomic mass is 32.2. The molecule has 2 aliphatic heterocycles. The van der Waals surface area contributed by atoms with E-state index in [9.17, 15) is 21.6 Å². The van der Waals surface area contributed by atoms with Crippen LogP contribution in [0.3, 0.4) is 0 Å². The number of alkyl halides is 3. The molecule has 0 unspecified atom stereocenters. The molecule has 0 aliphatic carbocycles. The predicted molar refractivity (Wildman–Crippen MR) is 101 cm³/mol. The van der Waals surface area contributed by atoms with E-state index >= 15 is 0 Å². The quantitative estimate of drug-likeness (QED) is 0.723. The van der Waals surface area contributed by atoms with E-state index in [1.54, 1.807) is 13.0 Å². The molecule has 11 heteroatoms. The number of benzene rings is 1. The van der Waals surface area contributed by atoms with Gasteiger partial charge in [0, 0.05) is 43.2 Å². The zero-order valence-electron chi connectivity index (χ0n) is 16.5. The molecule has 0 spiro atoms. The fraction of sp³-hybridized carbons (Fsp3) is 0.526. The lowest BCUT2D eigenvalue weighted by atomic mass is 10.1. The van der Waals surface area contributed by atoms with E-state index in [2.05, 4.69) is 14.6 Å². The summed E-state index contributed by atoms with van der Waals surface area (Å²) in [6.45, 7) is 3.97. The monoisotopic (exact) mass is 445 g/mol. The van der Waals surface area contributed by atoms with E-state index in [1.165, 1.54) is 16.4 Å². The first kappa shape index (κ1) is 21.3. The highest BCUT2D eigenvalue weighted by Gasteiger charge is 2.38. The zero-order valence-corrected chi connectivity index (χ0v) is 17.3. The van der Waals surface area contributed by atoms with Gasteiger partial charge in [-0.1, -0.05) is 17.3 Å². The average Bonchev–Trinajstić information content (AvgIpc) is 3.01. The number of sulfonamides is 1. The molecule has 7 nitrogen and oxygen atoms in total. The molecule has 30 heavy (non-hydrogen) atoms. The van der Waals surface area contributed by atoms with Crippen molar-refractivity contribution in [3.8, 4) is 11.3 Å². The van der Waals surface area contributed by atoms with Crippen LogP contribution in [0.2, 0.25) is 0 Å². The Labute approximate surface area is 172 Å². The van der Waals surface area contributed by atoms with Gasteiger partial charge in [0.05, 0.1) is 18.1 Å². The molecule has 0 saturated carbocycles. The van der Waals surface area contributed by atoms with Gasteiger partial charge in [0.25, 0.3) is 0 Å². The summed E-state index contributed by atoms with van der Waals surface area (Å²) in [5.74, 6) is -1.18. The van der Waals surface area contributed by atoms with Gasteiger partial charge in [-0.3, -0.25) is 4.90 Å². The molecule has 164 valence electrons. The van der Waals surface area contributed by atoms with Crippen molar-refractivity contribution >= 4 is 10.0 Å². The molecule has 1 aromatic carbocycles. The smallest absolute Gasteiger partial charge is 0.379 e. The summed E-state index contributed by atoms with van der Waals surface area (Å²) in [6.07, 6.45) is -4.66. The average molecular weight is 445 g/mol. The Kier molecular flexibility index (Phi) is 5.41. The fourth-order valence-electron chi connectivity index (χ4n) is 3.92. The van der Waals surface area contributed by atoms with Crippen molar-refractivity contribution in [1.29, 1.82) is 0 Å². The minimum absolute atomic E-state index is 0.0469. The van der Waals surface area contributed by atoms with Crippen molar-refractivity contribution in [2.75, 3.05) is 39.9 Å². The van der Waals surface area contributed by atoms with Gasteiger partial charge in [0.2, 0.25) is 15.8 Å². The minimum atomic E-state index is -4.66. The molecule has 3 heterocycles. The topological polar surface area (TPSA) is 75.9 Å². The van der Waals surface area contributed by atoms with Crippen LogP contribution in [-0.4, -0.2) is 68.7 Å². The molecule has 2 bridgehead atoms. The van der Waals surface area contributed by atoms with Gasteiger partial charge in [0.1, 0.15) is 5.69 Å². The van der Waals surface area contributed by atoms with E-state index in [0.717, 1.165) is 12.6 Å². The third-order valence-electron chi connectivity index (χ3n) is 5.60. The Morgan fingerprint density at radius 2 is 1.90 bits per heavy atom. The minimum Gasteiger partial charge on any atom is -0.379 e. The Bertz CT molecular complexity index is 1040. The normalized spacial score (nSPS) is 24.0. The molecule has 0 amide bonds. The van der Waals surface area contributed by atoms with Crippen molar-refractivity contribution in [1.82, 2.24) is 14.4 Å². The maximum atomic E-state index is 13.5. The van der Waals surface area contributed by atoms with Gasteiger partial charge in [-0.25, -0.2) is 8.42 Å². The highest BCUT2D eigenvalue weighted by Crippen LogP contribution is 2.34. The molecule has 1 aromatic heterocycles. The summed E-state index contributed by atoms with van der Waals surface area (Å²) in [6, 6.07) is 5.18. The largest absolute Gasteiger partial charge is 0.452 e. The first-order valence-electron chi connectivity index (χ1n) is 9.49. The maximum Gasteiger partial charge on any atom is 0.452 e. The third-order valence-corrected chi connectivity index (χ3v) is 7.57. The summed E-state index contributed by atoms with van der Waals surface area (Å²) in [5.41, 5.74) is 0.686. The van der Waals surface area contributed by atoms with Crippen molar-refractivity contribution in [3.05, 3.63) is 35.6 Å². The molecular formula is C19H22F3N3O4S. The van der Waals surface area contributed by atoms with E-state index in [-0.39, 0.29) is 28.1 Å². The van der Waals surface area contributed by atoms with Crippen LogP contribution < -0.4 is 0 Å². The van der Waals surface area contributed by atoms with Crippen LogP contribution in [0.15, 0.2) is 33.7 Å². The van der Waals surface area contributed by atoms with Crippen LogP contribution in [0, 0.1) is 12.8 Å². The molecule has 2 aliphatic rings. The van der Waals surface area contributed by atoms with Crippen molar-refractivity contribution < 1.29 is 30.8 Å². The van der Waals surface area contributed by atoms with Crippen molar-refractivity contribution in [3.63, 3.8) is 0 Å². The Balaban J connectivity index is 1.69. The number of likely N-dealkylation sites (N-methyl/N-ethyl adjacent to an activating group) is 1. The lowest BCUT2D eigenvalue weighted by Gasteiger charge is -2.29. The summed E-state index contributed by atoms with van der Waals surface area (Å²) >= 11 is 0. The second-order valence-corrected chi connectivity index (χ2v) is 9.78. The number of hydrogen-bond acceptors (Lipinski definition) is 6. The van der Waals surface area contributed by atoms with Crippen LogP contribution in [-0.2, 0) is 20.9 Å². The molecule has 0 radical (unpaired) electrons. The summed E-state index contributed by atoms with van der Waals surface area (Å²) in [7, 11) is -1.91. The van der Waals surface area contributed by atoms with Gasteiger partial charge in [0.15, 0.2) is 0 Å². The number of ether oxygens (including phenoxy) is 1. The lowest BCUT2D eigenvalue weighted by molar-refractivity contribution is -0.155. The lowest BCUT2D eigenvalue weighted by Crippen LogP contribution is -2.44. The number of fused-ring (bicyclic) bond motifs is 3. The molecule has 2 saturated heterocycles. The Hall–Kier alpha value is -1.95. The van der Waals surface area contributed by atoms with Crippen LogP contribution in [0.4, 0.5) is 13.2 Å². The van der Waals surface area contributed by atoms with Gasteiger partial charge >= 0.3 is 6.18 Å². The predicted octanol–water partition coefficient (Wildman–Crippen LogP) is 2.62. The standard InChI is InChI=1S/C19H22F3N3O4S/c1-12-3-4-14(16-6-18(29-23-16)19(20,21)22)5-17(12)30(26,27)25-8-13-7-24(2)15(9-25)11-28-10-13/h3-6,13,15H,7-11H2,1-2H3/t13-,15+/m1/s1. The van der Waals surface area contributed by atoms with E-state index in [0.29, 0.717) is 31.9 Å². The summed E-state index contributed by atoms with van der Waals surface area (Å²) in [4.78, 5) is 2.17. The van der Waals surface area contributed by atoms with E-state index in [1.807, 2.05) is 7.05 Å². The van der Waals surface area contributed by atoms with E-state index < -0.39 is 22.0 Å². The number of nitrogens with zero attached hydrogens (tertiary/aromatic N) is 3. The molecule has 0 N–H and O–H groups in total. The molecule has 2 atom stereocenters. The number of hydrogen-bond donors (Lipinski definition) is 0. The van der Waals surface area contributed by atoms with Gasteiger partial charge in [-0.2, -0.15) is 17.5 Å². The first-order chi connectivity index (χ1) is 14.1. The summed E-state index contributed by atoms with van der Waals surface area (Å²) in [5, 5.41) is 3.46. The number of rotatable bonds is 3. The van der Waals surface area contributed by atoms with Gasteiger partial charge < -0.3 is 9.26 Å². The van der Waals surface area contributed by atoms with Crippen LogP contribution >= 0.6 is 0 Å². The zero-order chi connectivity index (χ0) is 21.7. The SMILES string of the molecule is Cc1ccc(-c2cc(C(F)(F)F)on2)cc1S(=O)(=O)N1C[C@@H]2COC[C@H](C1)N(C)C2. The van der Waals surface area contributed by atoms with Crippen molar-refractivity contribution in [2.24, 2.45) is 5.92 Å². The van der Waals surface area contributed by atoms with Gasteiger partial charge in [-0.15, -0.1) is 0 Å². The first-order valence-corrected chi connectivity index (χ1v) is 10.9. The second kappa shape index (κ2) is 7.63. The maximum absolute atomic E-state index is 13.5. The summed E-state index contributed by atoms with van der Waals surface area (Å²) < 4.78 is 77.0. The number of halogens is 3. The fourth-order valence-corrected chi connectivity index (χ4v) is 5.73. The third kappa shape index (κ3) is 3.98.